The van der Waals surface area contributed by atoms with Crippen molar-refractivity contribution >= 4 is 77.8 Å². The summed E-state index contributed by atoms with van der Waals surface area (Å²) >= 11 is 1.84. The molecule has 9 aromatic rings. The number of allylic oxidation sites excluding steroid dienone is 5. The average Bonchev–Trinajstić information content (AvgIpc) is 3.85. The maximum atomic E-state index is 7.85. The third-order valence-corrected chi connectivity index (χ3v) is 10.9. The van der Waals surface area contributed by atoms with Gasteiger partial charge in [0.2, 0.25) is 0 Å². The number of aliphatic imine (C=N–C) groups is 1. The fraction of sp³-hybridized carbons (Fsp3) is 0.0377. The fourth-order valence-corrected chi connectivity index (χ4v) is 8.18. The van der Waals surface area contributed by atoms with E-state index in [0.717, 1.165) is 38.6 Å². The van der Waals surface area contributed by atoms with Gasteiger partial charge in [-0.25, -0.2) is 4.99 Å². The maximum Gasteiger partial charge on any atom is 0.151 e. The second kappa shape index (κ2) is 18.2. The van der Waals surface area contributed by atoms with Crippen LogP contribution in [0.25, 0.3) is 69.9 Å². The van der Waals surface area contributed by atoms with Crippen LogP contribution >= 0.6 is 11.3 Å². The van der Waals surface area contributed by atoms with Gasteiger partial charge in [0.25, 0.3) is 0 Å². The fourth-order valence-electron chi connectivity index (χ4n) is 7.01. The van der Waals surface area contributed by atoms with Gasteiger partial charge in [0.15, 0.2) is 5.84 Å². The molecule has 2 aromatic heterocycles. The smallest absolute Gasteiger partial charge is 0.151 e. The Morgan fingerprint density at radius 2 is 1.38 bits per heavy atom. The zero-order valence-corrected chi connectivity index (χ0v) is 33.4. The monoisotopic (exact) mass is 769 g/mol. The van der Waals surface area contributed by atoms with Crippen LogP contribution in [-0.4, -0.2) is 18.8 Å². The van der Waals surface area contributed by atoms with Crippen LogP contribution in [0.4, 0.5) is 0 Å². The van der Waals surface area contributed by atoms with Crippen LogP contribution in [-0.2, 0) is 0 Å². The van der Waals surface area contributed by atoms with Gasteiger partial charge in [-0.05, 0) is 84.3 Å². The Balaban J connectivity index is 0.000000175. The van der Waals surface area contributed by atoms with Gasteiger partial charge < -0.3 is 9.83 Å². The maximum absolute atomic E-state index is 7.85. The second-order valence-corrected chi connectivity index (χ2v) is 14.7. The number of amidine groups is 1. The molecular formula is C53H43N3OS. The molecule has 0 bridgehead atoms. The van der Waals surface area contributed by atoms with Gasteiger partial charge in [-0.1, -0.05) is 164 Å². The van der Waals surface area contributed by atoms with Crippen molar-refractivity contribution in [1.29, 1.82) is 10.8 Å². The van der Waals surface area contributed by atoms with Crippen LogP contribution in [0.1, 0.15) is 29.2 Å². The zero-order chi connectivity index (χ0) is 40.4. The lowest BCUT2D eigenvalue weighted by Crippen LogP contribution is -1.91. The van der Waals surface area contributed by atoms with Crippen molar-refractivity contribution < 1.29 is 4.42 Å². The number of fused-ring (bicyclic) bond motifs is 6. The highest BCUT2D eigenvalue weighted by Gasteiger charge is 2.15. The van der Waals surface area contributed by atoms with Crippen molar-refractivity contribution in [2.45, 2.75) is 13.8 Å². The quantitative estimate of drug-likeness (QED) is 0.0945. The first-order valence-corrected chi connectivity index (χ1v) is 19.8. The van der Waals surface area contributed by atoms with Crippen LogP contribution in [0.5, 0.6) is 0 Å². The summed E-state index contributed by atoms with van der Waals surface area (Å²) in [5, 5.41) is 19.7. The summed E-state index contributed by atoms with van der Waals surface area (Å²) in [6.45, 7) is 11.1. The lowest BCUT2D eigenvalue weighted by atomic mass is 9.96. The Morgan fingerprint density at radius 1 is 0.655 bits per heavy atom. The van der Waals surface area contributed by atoms with E-state index < -0.39 is 0 Å². The number of aryl methyl sites for hydroxylation is 1. The number of rotatable bonds is 7. The summed E-state index contributed by atoms with van der Waals surface area (Å²) in [6, 6.07) is 54.0. The largest absolute Gasteiger partial charge is 0.456 e. The first kappa shape index (κ1) is 39.0. The van der Waals surface area contributed by atoms with Gasteiger partial charge in [0.05, 0.1) is 0 Å². The summed E-state index contributed by atoms with van der Waals surface area (Å²) in [7, 11) is 0. The predicted octanol–water partition coefficient (Wildman–Crippen LogP) is 15.1. The molecule has 2 heterocycles. The van der Waals surface area contributed by atoms with Gasteiger partial charge in [0.1, 0.15) is 11.2 Å². The average molecular weight is 770 g/mol. The molecule has 0 radical (unpaired) electrons. The number of nitrogens with zero attached hydrogens (tertiary/aromatic N) is 1. The van der Waals surface area contributed by atoms with Gasteiger partial charge in [0, 0.05) is 48.3 Å². The minimum Gasteiger partial charge on any atom is -0.456 e. The molecule has 0 atom stereocenters. The lowest BCUT2D eigenvalue weighted by molar-refractivity contribution is 0.669. The standard InChI is InChI=1S/C31H19NOS.C14H16.C8H8N2/c32-18-22-8-4-10-27-30(22)25-16-21(13-15-26(25)33-27)23-9-5-11-28-31(23)24-14-12-20(17-29(24)34-28)19-6-2-1-3-7-19;1-4-6-13(7-5-2)14-10-8-12(3)9-11-14;1-10-8(9)7-5-3-2-4-6-7/h1-18,32H;4-11H,1H2,2-3H3;2-6,9H,1H2/b;7-5-,13-6+;. The molecule has 0 spiro atoms. The predicted molar refractivity (Wildman–Crippen MR) is 252 cm³/mol. The Morgan fingerprint density at radius 3 is 2.09 bits per heavy atom. The van der Waals surface area contributed by atoms with Crippen molar-refractivity contribution in [2.24, 2.45) is 4.99 Å². The Bertz CT molecular complexity index is 2970. The van der Waals surface area contributed by atoms with E-state index in [1.165, 1.54) is 59.8 Å². The molecular weight excluding hydrogens is 727 g/mol. The highest BCUT2D eigenvalue weighted by atomic mass is 32.1. The summed E-state index contributed by atoms with van der Waals surface area (Å²) in [4.78, 5) is 3.49. The third-order valence-electron chi connectivity index (χ3n) is 9.83. The zero-order valence-electron chi connectivity index (χ0n) is 32.6. The van der Waals surface area contributed by atoms with E-state index in [4.69, 9.17) is 15.2 Å². The van der Waals surface area contributed by atoms with Crippen molar-refractivity contribution in [2.75, 3.05) is 0 Å². The van der Waals surface area contributed by atoms with E-state index in [1.54, 1.807) is 0 Å². The van der Waals surface area contributed by atoms with E-state index >= 15 is 0 Å². The third kappa shape index (κ3) is 8.46. The van der Waals surface area contributed by atoms with Crippen LogP contribution < -0.4 is 0 Å². The molecule has 2 N–H and O–H groups in total. The summed E-state index contributed by atoms with van der Waals surface area (Å²) in [5.74, 6) is 0.223. The van der Waals surface area contributed by atoms with E-state index in [-0.39, 0.29) is 5.84 Å². The van der Waals surface area contributed by atoms with E-state index in [0.29, 0.717) is 0 Å². The number of furan rings is 1. The van der Waals surface area contributed by atoms with Crippen LogP contribution in [0.2, 0.25) is 0 Å². The number of benzene rings is 7. The lowest BCUT2D eigenvalue weighted by Gasteiger charge is -2.06. The number of thiophene rings is 1. The topological polar surface area (TPSA) is 73.2 Å². The Hall–Kier alpha value is -7.21. The minimum atomic E-state index is 0.223. The highest BCUT2D eigenvalue weighted by Crippen LogP contribution is 2.43. The molecule has 0 amide bonds. The number of hydrogen-bond donors (Lipinski definition) is 2. The highest BCUT2D eigenvalue weighted by molar-refractivity contribution is 7.26. The molecule has 282 valence electrons. The molecule has 0 fully saturated rings. The summed E-state index contributed by atoms with van der Waals surface area (Å²) in [5.41, 5.74) is 11.9. The normalized spacial score (nSPS) is 11.2. The van der Waals surface area contributed by atoms with Crippen molar-refractivity contribution in [3.05, 3.63) is 211 Å². The first-order valence-electron chi connectivity index (χ1n) is 19.0. The van der Waals surface area contributed by atoms with E-state index in [1.807, 2.05) is 85.0 Å². The van der Waals surface area contributed by atoms with Crippen LogP contribution in [0, 0.1) is 17.7 Å². The number of hydrogen-bond acceptors (Lipinski definition) is 4. The van der Waals surface area contributed by atoms with Gasteiger partial charge in [-0.2, -0.15) is 0 Å². The molecule has 9 rings (SSSR count). The van der Waals surface area contributed by atoms with Crippen LogP contribution in [0.3, 0.4) is 0 Å². The molecule has 7 aromatic carbocycles. The summed E-state index contributed by atoms with van der Waals surface area (Å²) < 4.78 is 8.67. The molecule has 0 unspecified atom stereocenters. The van der Waals surface area contributed by atoms with Crippen molar-refractivity contribution in [3.8, 4) is 22.3 Å². The minimum absolute atomic E-state index is 0.223. The number of nitrogens with one attached hydrogen (secondary N) is 2. The van der Waals surface area contributed by atoms with E-state index in [9.17, 15) is 0 Å². The molecule has 58 heavy (non-hydrogen) atoms. The molecule has 0 aliphatic carbocycles. The first-order chi connectivity index (χ1) is 28.4. The van der Waals surface area contributed by atoms with Gasteiger partial charge >= 0.3 is 0 Å². The molecule has 0 saturated carbocycles. The molecule has 4 nitrogen and oxygen atoms in total. The molecule has 0 aliphatic heterocycles. The van der Waals surface area contributed by atoms with E-state index in [2.05, 4.69) is 140 Å². The van der Waals surface area contributed by atoms with Crippen molar-refractivity contribution in [3.63, 3.8) is 0 Å². The van der Waals surface area contributed by atoms with Crippen molar-refractivity contribution in [1.82, 2.24) is 0 Å². The van der Waals surface area contributed by atoms with Gasteiger partial charge in [-0.3, -0.25) is 5.41 Å². The second-order valence-electron chi connectivity index (χ2n) is 13.6. The Labute approximate surface area is 343 Å². The SMILES string of the molecule is C=C/C=C(\C=C/C)c1ccc(C)cc1.C=NC(=N)c1ccccc1.N=Cc1cccc2oc3ccc(-c4cccc5sc6cc(-c7ccccc7)ccc6c45)cc3c12. The van der Waals surface area contributed by atoms with Gasteiger partial charge in [-0.15, -0.1) is 11.3 Å². The Kier molecular flexibility index (Phi) is 12.2. The molecule has 0 saturated heterocycles. The molecule has 0 aliphatic rings. The summed E-state index contributed by atoms with van der Waals surface area (Å²) in [6.07, 6.45) is 9.36. The molecule has 5 heteroatoms. The van der Waals surface area contributed by atoms with Crippen LogP contribution in [0.15, 0.2) is 198 Å².